The van der Waals surface area contributed by atoms with Crippen molar-refractivity contribution in [3.63, 3.8) is 0 Å². The maximum atomic E-state index is 8.53. The number of fused-ring (bicyclic) bond motifs is 1. The summed E-state index contributed by atoms with van der Waals surface area (Å²) in [6, 6.07) is 7.16. The van der Waals surface area contributed by atoms with E-state index in [0.717, 1.165) is 5.39 Å². The van der Waals surface area contributed by atoms with Crippen molar-refractivity contribution >= 4 is 28.2 Å². The molecule has 0 aliphatic heterocycles. The average molecular weight is 204 g/mol. The molecule has 0 saturated heterocycles. The molecule has 2 rings (SSSR count). The summed E-state index contributed by atoms with van der Waals surface area (Å²) in [6.07, 6.45) is 3.53. The van der Waals surface area contributed by atoms with Crippen LogP contribution in [0.15, 0.2) is 30.5 Å². The minimum Gasteiger partial charge on any atom is -0.291 e. The maximum absolute atomic E-state index is 8.53. The molecule has 68 valence electrons. The number of rotatable bonds is 1. The molecule has 0 atom stereocenters. The Morgan fingerprint density at radius 1 is 1.36 bits per heavy atom. The largest absolute Gasteiger partial charge is 0.291 e. The summed E-state index contributed by atoms with van der Waals surface area (Å²) in [4.78, 5) is 4.16. The number of benzene rings is 1. The van der Waals surface area contributed by atoms with E-state index in [9.17, 15) is 0 Å². The van der Waals surface area contributed by atoms with Crippen molar-refractivity contribution in [2.75, 3.05) is 5.32 Å². The lowest BCUT2D eigenvalue weighted by molar-refractivity contribution is 1.40. The molecule has 4 heteroatoms. The van der Waals surface area contributed by atoms with Crippen molar-refractivity contribution in [2.45, 2.75) is 0 Å². The standard InChI is InChI=1S/C10H6ClN3/c11-8-3-4-9(14-6-12)10-7(8)2-1-5-13-10/h1-5,14H. The van der Waals surface area contributed by atoms with Gasteiger partial charge in [-0.25, -0.2) is 0 Å². The molecular formula is C10H6ClN3. The van der Waals surface area contributed by atoms with Crippen LogP contribution in [0.3, 0.4) is 0 Å². The third kappa shape index (κ3) is 1.36. The Morgan fingerprint density at radius 2 is 2.21 bits per heavy atom. The lowest BCUT2D eigenvalue weighted by atomic mass is 10.2. The van der Waals surface area contributed by atoms with Gasteiger partial charge in [-0.15, -0.1) is 0 Å². The molecule has 2 aromatic rings. The van der Waals surface area contributed by atoms with Gasteiger partial charge in [-0.2, -0.15) is 5.26 Å². The molecule has 1 heterocycles. The maximum Gasteiger partial charge on any atom is 0.181 e. The van der Waals surface area contributed by atoms with E-state index in [0.29, 0.717) is 16.2 Å². The highest BCUT2D eigenvalue weighted by atomic mass is 35.5. The van der Waals surface area contributed by atoms with E-state index in [1.165, 1.54) is 0 Å². The fourth-order valence-corrected chi connectivity index (χ4v) is 1.51. The van der Waals surface area contributed by atoms with Gasteiger partial charge in [0.2, 0.25) is 0 Å². The van der Waals surface area contributed by atoms with E-state index in [-0.39, 0.29) is 0 Å². The number of aromatic nitrogens is 1. The Morgan fingerprint density at radius 3 is 3.00 bits per heavy atom. The van der Waals surface area contributed by atoms with Crippen LogP contribution in [0.4, 0.5) is 5.69 Å². The third-order valence-electron chi connectivity index (χ3n) is 1.91. The van der Waals surface area contributed by atoms with Gasteiger partial charge in [0.1, 0.15) is 0 Å². The monoisotopic (exact) mass is 203 g/mol. The predicted molar refractivity (Wildman–Crippen MR) is 56.0 cm³/mol. The number of anilines is 1. The van der Waals surface area contributed by atoms with Gasteiger partial charge in [0.25, 0.3) is 0 Å². The van der Waals surface area contributed by atoms with E-state index in [1.807, 2.05) is 18.3 Å². The number of hydrogen-bond donors (Lipinski definition) is 1. The summed E-state index contributed by atoms with van der Waals surface area (Å²) in [5.41, 5.74) is 1.38. The fourth-order valence-electron chi connectivity index (χ4n) is 1.30. The van der Waals surface area contributed by atoms with Crippen molar-refractivity contribution in [2.24, 2.45) is 0 Å². The number of nitrogens with zero attached hydrogens (tertiary/aromatic N) is 2. The number of pyridine rings is 1. The van der Waals surface area contributed by atoms with Crippen LogP contribution in [0, 0.1) is 11.5 Å². The first-order valence-corrected chi connectivity index (χ1v) is 4.39. The van der Waals surface area contributed by atoms with Crippen LogP contribution in [0.1, 0.15) is 0 Å². The number of hydrogen-bond acceptors (Lipinski definition) is 3. The molecule has 1 aromatic carbocycles. The minimum absolute atomic E-state index is 0.636. The lowest BCUT2D eigenvalue weighted by Gasteiger charge is -2.03. The summed E-state index contributed by atoms with van der Waals surface area (Å²) < 4.78 is 0. The molecule has 0 spiro atoms. The van der Waals surface area contributed by atoms with Crippen LogP contribution in [0.5, 0.6) is 0 Å². The van der Waals surface area contributed by atoms with Crippen molar-refractivity contribution in [3.05, 3.63) is 35.5 Å². The molecule has 3 nitrogen and oxygen atoms in total. The molecule has 0 saturated carbocycles. The molecule has 1 N–H and O–H groups in total. The first kappa shape index (κ1) is 8.79. The van der Waals surface area contributed by atoms with E-state index >= 15 is 0 Å². The Bertz CT molecular complexity index is 516. The topological polar surface area (TPSA) is 48.7 Å². The molecule has 1 aromatic heterocycles. The zero-order valence-corrected chi connectivity index (χ0v) is 7.92. The Balaban J connectivity index is 2.76. The zero-order valence-electron chi connectivity index (χ0n) is 7.16. The number of halogens is 1. The molecule has 0 fully saturated rings. The highest BCUT2D eigenvalue weighted by Gasteiger charge is 2.03. The number of nitrogens with one attached hydrogen (secondary N) is 1. The van der Waals surface area contributed by atoms with Crippen molar-refractivity contribution in [1.29, 1.82) is 5.26 Å². The van der Waals surface area contributed by atoms with E-state index in [2.05, 4.69) is 10.3 Å². The number of nitriles is 1. The van der Waals surface area contributed by atoms with Gasteiger partial charge in [0.05, 0.1) is 16.2 Å². The first-order chi connectivity index (χ1) is 6.83. The van der Waals surface area contributed by atoms with Crippen LogP contribution >= 0.6 is 11.6 Å². The van der Waals surface area contributed by atoms with Gasteiger partial charge < -0.3 is 0 Å². The van der Waals surface area contributed by atoms with Crippen molar-refractivity contribution in [3.8, 4) is 6.19 Å². The van der Waals surface area contributed by atoms with Gasteiger partial charge >= 0.3 is 0 Å². The van der Waals surface area contributed by atoms with E-state index in [4.69, 9.17) is 16.9 Å². The van der Waals surface area contributed by atoms with Gasteiger partial charge in [0, 0.05) is 11.6 Å². The highest BCUT2D eigenvalue weighted by Crippen LogP contribution is 2.27. The minimum atomic E-state index is 0.636. The molecule has 0 bridgehead atoms. The SMILES string of the molecule is N#CNc1ccc(Cl)c2cccnc12. The van der Waals surface area contributed by atoms with Crippen LogP contribution in [-0.4, -0.2) is 4.98 Å². The molecule has 0 aliphatic carbocycles. The second-order valence-electron chi connectivity index (χ2n) is 2.73. The summed E-state index contributed by atoms with van der Waals surface area (Å²) in [6.45, 7) is 0. The third-order valence-corrected chi connectivity index (χ3v) is 2.24. The Kier molecular flexibility index (Phi) is 2.21. The molecule has 0 unspecified atom stereocenters. The lowest BCUT2D eigenvalue weighted by Crippen LogP contribution is -1.90. The summed E-state index contributed by atoms with van der Waals surface area (Å²) in [5, 5.41) is 12.6. The molecular weight excluding hydrogens is 198 g/mol. The smallest absolute Gasteiger partial charge is 0.181 e. The van der Waals surface area contributed by atoms with Crippen molar-refractivity contribution in [1.82, 2.24) is 4.98 Å². The average Bonchev–Trinajstić information content (AvgIpc) is 2.23. The molecule has 14 heavy (non-hydrogen) atoms. The molecule has 0 radical (unpaired) electrons. The van der Waals surface area contributed by atoms with Crippen LogP contribution in [-0.2, 0) is 0 Å². The normalized spacial score (nSPS) is 9.71. The Hall–Kier alpha value is -1.79. The Labute approximate surface area is 85.9 Å². The van der Waals surface area contributed by atoms with Gasteiger partial charge in [0.15, 0.2) is 6.19 Å². The van der Waals surface area contributed by atoms with Crippen LogP contribution in [0.2, 0.25) is 5.02 Å². The molecule has 0 amide bonds. The van der Waals surface area contributed by atoms with E-state index in [1.54, 1.807) is 18.3 Å². The molecule has 0 aliphatic rings. The fraction of sp³-hybridized carbons (Fsp3) is 0. The van der Waals surface area contributed by atoms with Crippen LogP contribution < -0.4 is 5.32 Å². The van der Waals surface area contributed by atoms with Gasteiger partial charge in [-0.1, -0.05) is 11.6 Å². The van der Waals surface area contributed by atoms with Gasteiger partial charge in [-0.05, 0) is 24.3 Å². The summed E-state index contributed by atoms with van der Waals surface area (Å²) in [7, 11) is 0. The van der Waals surface area contributed by atoms with Gasteiger partial charge in [-0.3, -0.25) is 10.3 Å². The quantitative estimate of drug-likeness (QED) is 0.573. The van der Waals surface area contributed by atoms with Crippen LogP contribution in [0.25, 0.3) is 10.9 Å². The zero-order chi connectivity index (χ0) is 9.97. The summed E-state index contributed by atoms with van der Waals surface area (Å²) >= 11 is 5.98. The van der Waals surface area contributed by atoms with Crippen molar-refractivity contribution < 1.29 is 0 Å². The predicted octanol–water partition coefficient (Wildman–Crippen LogP) is 2.78. The van der Waals surface area contributed by atoms with E-state index < -0.39 is 0 Å². The second-order valence-corrected chi connectivity index (χ2v) is 3.14. The first-order valence-electron chi connectivity index (χ1n) is 4.01. The second kappa shape index (κ2) is 3.52. The highest BCUT2D eigenvalue weighted by molar-refractivity contribution is 6.35. The summed E-state index contributed by atoms with van der Waals surface area (Å²) in [5.74, 6) is 0.